The Morgan fingerprint density at radius 3 is 2.71 bits per heavy atom. The van der Waals surface area contributed by atoms with E-state index in [1.54, 1.807) is 18.2 Å². The van der Waals surface area contributed by atoms with Gasteiger partial charge in [0, 0.05) is 7.11 Å². The van der Waals surface area contributed by atoms with E-state index < -0.39 is 0 Å². The summed E-state index contributed by atoms with van der Waals surface area (Å²) in [7, 11) is 3.03. The van der Waals surface area contributed by atoms with Crippen molar-refractivity contribution in [3.05, 3.63) is 23.8 Å². The van der Waals surface area contributed by atoms with Gasteiger partial charge in [0.15, 0.2) is 24.6 Å². The second kappa shape index (κ2) is 5.24. The van der Waals surface area contributed by atoms with Crippen molar-refractivity contribution in [3.8, 4) is 11.5 Å². The van der Waals surface area contributed by atoms with E-state index in [0.717, 1.165) is 0 Å². The first-order chi connectivity index (χ1) is 6.83. The lowest BCUT2D eigenvalue weighted by molar-refractivity contribution is 0.0485. The fraction of sp³-hybridized carbons (Fsp3) is 0.300. The van der Waals surface area contributed by atoms with Gasteiger partial charge in [-0.05, 0) is 12.1 Å². The number of carbonyl (C=O) groups is 1. The maximum absolute atomic E-state index is 10.7. The van der Waals surface area contributed by atoms with Crippen molar-refractivity contribution in [3.63, 3.8) is 0 Å². The Balaban J connectivity index is 2.99. The molecule has 0 aromatic heterocycles. The normalized spacial score (nSPS) is 9.57. The molecule has 0 heterocycles. The molecule has 0 atom stereocenters. The summed E-state index contributed by atoms with van der Waals surface area (Å²) in [4.78, 5) is 10.7. The van der Waals surface area contributed by atoms with Crippen molar-refractivity contribution in [1.29, 1.82) is 0 Å². The molecule has 14 heavy (non-hydrogen) atoms. The molecule has 0 bridgehead atoms. The zero-order chi connectivity index (χ0) is 10.4. The predicted molar refractivity (Wildman–Crippen MR) is 50.9 cm³/mol. The SMILES string of the molecule is COCOc1c(C=O)cccc1OC. The fourth-order valence-corrected chi connectivity index (χ4v) is 1.06. The zero-order valence-corrected chi connectivity index (χ0v) is 8.15. The average Bonchev–Trinajstić information content (AvgIpc) is 2.25. The smallest absolute Gasteiger partial charge is 0.188 e. The molecule has 0 aliphatic carbocycles. The predicted octanol–water partition coefficient (Wildman–Crippen LogP) is 1.49. The maximum Gasteiger partial charge on any atom is 0.188 e. The number of hydrogen-bond donors (Lipinski definition) is 0. The first kappa shape index (κ1) is 10.5. The van der Waals surface area contributed by atoms with Crippen LogP contribution in [-0.4, -0.2) is 27.3 Å². The first-order valence-electron chi connectivity index (χ1n) is 4.07. The lowest BCUT2D eigenvalue weighted by Gasteiger charge is -2.11. The van der Waals surface area contributed by atoms with E-state index in [0.29, 0.717) is 23.3 Å². The molecule has 0 spiro atoms. The van der Waals surface area contributed by atoms with Gasteiger partial charge >= 0.3 is 0 Å². The number of carbonyl (C=O) groups excluding carboxylic acids is 1. The van der Waals surface area contributed by atoms with E-state index in [1.807, 2.05) is 0 Å². The molecule has 0 aliphatic rings. The number of para-hydroxylation sites is 1. The van der Waals surface area contributed by atoms with Gasteiger partial charge in [0.25, 0.3) is 0 Å². The van der Waals surface area contributed by atoms with Crippen molar-refractivity contribution in [2.75, 3.05) is 21.0 Å². The monoisotopic (exact) mass is 196 g/mol. The van der Waals surface area contributed by atoms with Gasteiger partial charge in [-0.2, -0.15) is 0 Å². The molecule has 1 aromatic rings. The van der Waals surface area contributed by atoms with E-state index in [1.165, 1.54) is 14.2 Å². The second-order valence-electron chi connectivity index (χ2n) is 2.55. The van der Waals surface area contributed by atoms with Gasteiger partial charge in [-0.1, -0.05) is 6.07 Å². The van der Waals surface area contributed by atoms with Crippen LogP contribution < -0.4 is 9.47 Å². The molecule has 4 nitrogen and oxygen atoms in total. The number of rotatable bonds is 5. The van der Waals surface area contributed by atoms with Gasteiger partial charge in [-0.25, -0.2) is 0 Å². The molecule has 4 heteroatoms. The molecule has 0 saturated carbocycles. The van der Waals surface area contributed by atoms with Crippen LogP contribution in [-0.2, 0) is 4.74 Å². The van der Waals surface area contributed by atoms with Crippen molar-refractivity contribution >= 4 is 6.29 Å². The molecular weight excluding hydrogens is 184 g/mol. The number of methoxy groups -OCH3 is 2. The Hall–Kier alpha value is -1.55. The first-order valence-corrected chi connectivity index (χ1v) is 4.07. The highest BCUT2D eigenvalue weighted by molar-refractivity contribution is 5.81. The van der Waals surface area contributed by atoms with E-state index in [9.17, 15) is 4.79 Å². The van der Waals surface area contributed by atoms with Gasteiger partial charge in [0.2, 0.25) is 0 Å². The summed E-state index contributed by atoms with van der Waals surface area (Å²) < 4.78 is 15.0. The van der Waals surface area contributed by atoms with Crippen molar-refractivity contribution in [2.24, 2.45) is 0 Å². The molecule has 0 saturated heterocycles. The van der Waals surface area contributed by atoms with Crippen LogP contribution in [0.5, 0.6) is 11.5 Å². The number of aldehydes is 1. The van der Waals surface area contributed by atoms with Crippen LogP contribution in [0.25, 0.3) is 0 Å². The molecule has 0 amide bonds. The summed E-state index contributed by atoms with van der Waals surface area (Å²) in [6.07, 6.45) is 0.716. The lowest BCUT2D eigenvalue weighted by atomic mass is 10.2. The highest BCUT2D eigenvalue weighted by atomic mass is 16.7. The average molecular weight is 196 g/mol. The van der Waals surface area contributed by atoms with Crippen molar-refractivity contribution < 1.29 is 19.0 Å². The molecular formula is C10H12O4. The Morgan fingerprint density at radius 2 is 2.14 bits per heavy atom. The lowest BCUT2D eigenvalue weighted by Crippen LogP contribution is -2.03. The summed E-state index contributed by atoms with van der Waals surface area (Å²) >= 11 is 0. The third kappa shape index (κ3) is 2.23. The molecule has 0 unspecified atom stereocenters. The second-order valence-corrected chi connectivity index (χ2v) is 2.55. The molecule has 1 rings (SSSR count). The zero-order valence-electron chi connectivity index (χ0n) is 8.15. The number of ether oxygens (including phenoxy) is 3. The third-order valence-corrected chi connectivity index (χ3v) is 1.68. The Morgan fingerprint density at radius 1 is 1.36 bits per heavy atom. The molecule has 0 radical (unpaired) electrons. The summed E-state index contributed by atoms with van der Waals surface area (Å²) in [6.45, 7) is 0.0845. The van der Waals surface area contributed by atoms with Gasteiger partial charge in [0.05, 0.1) is 12.7 Å². The molecule has 0 N–H and O–H groups in total. The van der Waals surface area contributed by atoms with Crippen LogP contribution in [0.1, 0.15) is 10.4 Å². The summed E-state index contributed by atoms with van der Waals surface area (Å²) in [5, 5.41) is 0. The topological polar surface area (TPSA) is 44.8 Å². The van der Waals surface area contributed by atoms with Gasteiger partial charge in [-0.15, -0.1) is 0 Å². The number of hydrogen-bond acceptors (Lipinski definition) is 4. The minimum atomic E-state index is 0.0845. The van der Waals surface area contributed by atoms with Crippen molar-refractivity contribution in [2.45, 2.75) is 0 Å². The van der Waals surface area contributed by atoms with E-state index in [2.05, 4.69) is 0 Å². The van der Waals surface area contributed by atoms with Crippen LogP contribution in [0, 0.1) is 0 Å². The quantitative estimate of drug-likeness (QED) is 0.528. The Kier molecular flexibility index (Phi) is 3.94. The Bertz CT molecular complexity index is 309. The molecule has 0 fully saturated rings. The van der Waals surface area contributed by atoms with Gasteiger partial charge < -0.3 is 14.2 Å². The minimum absolute atomic E-state index is 0.0845. The summed E-state index contributed by atoms with van der Waals surface area (Å²) in [5.74, 6) is 0.929. The Labute approximate surface area is 82.4 Å². The van der Waals surface area contributed by atoms with E-state index >= 15 is 0 Å². The summed E-state index contributed by atoms with van der Waals surface area (Å²) in [5.41, 5.74) is 0.446. The minimum Gasteiger partial charge on any atom is -0.493 e. The largest absolute Gasteiger partial charge is 0.493 e. The van der Waals surface area contributed by atoms with Crippen LogP contribution in [0.3, 0.4) is 0 Å². The van der Waals surface area contributed by atoms with Gasteiger partial charge in [-0.3, -0.25) is 4.79 Å². The van der Waals surface area contributed by atoms with Crippen LogP contribution in [0.2, 0.25) is 0 Å². The summed E-state index contributed by atoms with van der Waals surface area (Å²) in [6, 6.07) is 5.10. The highest BCUT2D eigenvalue weighted by Gasteiger charge is 2.09. The standard InChI is InChI=1S/C10H12O4/c1-12-7-14-10-8(6-11)4-3-5-9(10)13-2/h3-6H,7H2,1-2H3. The van der Waals surface area contributed by atoms with Crippen LogP contribution in [0.15, 0.2) is 18.2 Å². The fourth-order valence-electron chi connectivity index (χ4n) is 1.06. The number of benzene rings is 1. The molecule has 76 valence electrons. The van der Waals surface area contributed by atoms with Crippen LogP contribution >= 0.6 is 0 Å². The highest BCUT2D eigenvalue weighted by Crippen LogP contribution is 2.29. The van der Waals surface area contributed by atoms with Crippen LogP contribution in [0.4, 0.5) is 0 Å². The van der Waals surface area contributed by atoms with E-state index in [-0.39, 0.29) is 6.79 Å². The molecule has 1 aromatic carbocycles. The maximum atomic E-state index is 10.7. The van der Waals surface area contributed by atoms with Gasteiger partial charge in [0.1, 0.15) is 0 Å². The molecule has 0 aliphatic heterocycles. The van der Waals surface area contributed by atoms with E-state index in [4.69, 9.17) is 14.2 Å². The van der Waals surface area contributed by atoms with Crippen molar-refractivity contribution in [1.82, 2.24) is 0 Å². The third-order valence-electron chi connectivity index (χ3n) is 1.68.